The number of hydrogen-bond donors (Lipinski definition) is 0. The molecule has 8 nitrogen and oxygen atoms in total. The number of rotatable bonds is 6. The molecule has 0 radical (unpaired) electrons. The first kappa shape index (κ1) is 20.5. The van der Waals surface area contributed by atoms with Gasteiger partial charge in [-0.05, 0) is 30.2 Å². The third-order valence-corrected chi connectivity index (χ3v) is 5.51. The van der Waals surface area contributed by atoms with Crippen LogP contribution in [0.5, 0.6) is 0 Å². The van der Waals surface area contributed by atoms with Crippen LogP contribution in [0.15, 0.2) is 59.5 Å². The first-order valence-electron chi connectivity index (χ1n) is 10.0. The van der Waals surface area contributed by atoms with Crippen LogP contribution in [-0.2, 0) is 16.1 Å². The van der Waals surface area contributed by atoms with E-state index in [0.717, 1.165) is 4.90 Å². The molecule has 0 saturated carbocycles. The van der Waals surface area contributed by atoms with Crippen molar-refractivity contribution in [2.45, 2.75) is 32.9 Å². The van der Waals surface area contributed by atoms with Crippen molar-refractivity contribution in [3.8, 4) is 0 Å². The Balaban J connectivity index is 1.58. The van der Waals surface area contributed by atoms with Gasteiger partial charge in [-0.25, -0.2) is 9.78 Å². The second-order valence-corrected chi connectivity index (χ2v) is 7.48. The topological polar surface area (TPSA) is 98.1 Å². The molecule has 0 N–H and O–H groups in total. The van der Waals surface area contributed by atoms with Crippen molar-refractivity contribution in [3.05, 3.63) is 81.9 Å². The molecule has 1 aromatic carbocycles. The summed E-state index contributed by atoms with van der Waals surface area (Å²) in [5.74, 6) is -2.04. The summed E-state index contributed by atoms with van der Waals surface area (Å²) in [5.41, 5.74) is 0.973. The molecule has 2 amide bonds. The lowest BCUT2D eigenvalue weighted by molar-refractivity contribution is -0.151. The van der Waals surface area contributed by atoms with Crippen LogP contribution in [0.3, 0.4) is 0 Å². The molecular formula is C23H21N3O5. The Morgan fingerprint density at radius 2 is 1.68 bits per heavy atom. The lowest BCUT2D eigenvalue weighted by Gasteiger charge is -2.28. The molecule has 8 heteroatoms. The van der Waals surface area contributed by atoms with Gasteiger partial charge in [-0.2, -0.15) is 0 Å². The van der Waals surface area contributed by atoms with Crippen molar-refractivity contribution in [1.29, 1.82) is 0 Å². The van der Waals surface area contributed by atoms with Gasteiger partial charge in [0.1, 0.15) is 18.3 Å². The van der Waals surface area contributed by atoms with Crippen LogP contribution in [0.2, 0.25) is 0 Å². The second kappa shape index (κ2) is 8.14. The van der Waals surface area contributed by atoms with E-state index in [0.29, 0.717) is 12.1 Å². The minimum Gasteiger partial charge on any atom is -0.458 e. The summed E-state index contributed by atoms with van der Waals surface area (Å²) in [6.07, 6.45) is 2.16. The maximum atomic E-state index is 13.0. The first-order valence-corrected chi connectivity index (χ1v) is 10.0. The van der Waals surface area contributed by atoms with Crippen molar-refractivity contribution in [2.75, 3.05) is 0 Å². The largest absolute Gasteiger partial charge is 0.458 e. The number of carbonyl (C=O) groups is 3. The fourth-order valence-electron chi connectivity index (χ4n) is 3.68. The number of benzene rings is 1. The van der Waals surface area contributed by atoms with Gasteiger partial charge in [0.25, 0.3) is 17.4 Å². The average Bonchev–Trinajstić information content (AvgIpc) is 3.03. The molecule has 158 valence electrons. The fraction of sp³-hybridized carbons (Fsp3) is 0.261. The summed E-state index contributed by atoms with van der Waals surface area (Å²) in [6, 6.07) is 11.9. The number of esters is 1. The van der Waals surface area contributed by atoms with E-state index in [9.17, 15) is 19.2 Å². The number of ether oxygens (including phenoxy) is 1. The van der Waals surface area contributed by atoms with Crippen LogP contribution in [0.1, 0.15) is 46.7 Å². The van der Waals surface area contributed by atoms with E-state index in [1.54, 1.807) is 55.6 Å². The number of amides is 2. The van der Waals surface area contributed by atoms with Gasteiger partial charge in [0, 0.05) is 12.3 Å². The number of pyridine rings is 1. The Morgan fingerprint density at radius 1 is 1.03 bits per heavy atom. The van der Waals surface area contributed by atoms with Gasteiger partial charge in [-0.1, -0.05) is 38.5 Å². The summed E-state index contributed by atoms with van der Waals surface area (Å²) in [7, 11) is 0. The van der Waals surface area contributed by atoms with E-state index < -0.39 is 23.8 Å². The predicted octanol–water partition coefficient (Wildman–Crippen LogP) is 2.45. The molecule has 3 aromatic rings. The number of hydrogen-bond acceptors (Lipinski definition) is 6. The summed E-state index contributed by atoms with van der Waals surface area (Å²) in [4.78, 5) is 56.3. The predicted molar refractivity (Wildman–Crippen MR) is 111 cm³/mol. The highest BCUT2D eigenvalue weighted by Crippen LogP contribution is 2.28. The summed E-state index contributed by atoms with van der Waals surface area (Å²) in [6.45, 7) is 3.42. The van der Waals surface area contributed by atoms with Crippen LogP contribution in [0.4, 0.5) is 0 Å². The standard InChI is InChI=1S/C23H21N3O5/c1-3-14(2)20(26-21(28)16-8-4-5-9-17(16)22(26)29)23(30)31-13-15-12-19(27)25-11-7-6-10-18(25)24-15/h4-12,14,20H,3,13H2,1-2H3/t14-,20-/m1/s1. The van der Waals surface area contributed by atoms with Crippen molar-refractivity contribution >= 4 is 23.4 Å². The van der Waals surface area contributed by atoms with Gasteiger partial charge in [0.2, 0.25) is 0 Å². The molecule has 31 heavy (non-hydrogen) atoms. The average molecular weight is 419 g/mol. The van der Waals surface area contributed by atoms with Crippen LogP contribution in [0, 0.1) is 5.92 Å². The highest BCUT2D eigenvalue weighted by Gasteiger charge is 2.45. The van der Waals surface area contributed by atoms with E-state index in [-0.39, 0.29) is 34.9 Å². The zero-order chi connectivity index (χ0) is 22.1. The van der Waals surface area contributed by atoms with Gasteiger partial charge in [-0.3, -0.25) is 23.7 Å². The highest BCUT2D eigenvalue weighted by atomic mass is 16.5. The molecule has 0 fully saturated rings. The molecule has 3 heterocycles. The third-order valence-electron chi connectivity index (χ3n) is 5.51. The normalized spacial score (nSPS) is 15.1. The number of nitrogens with zero attached hydrogens (tertiary/aromatic N) is 3. The van der Waals surface area contributed by atoms with E-state index in [1.807, 2.05) is 6.92 Å². The molecule has 1 aliphatic rings. The van der Waals surface area contributed by atoms with Crippen molar-refractivity contribution in [1.82, 2.24) is 14.3 Å². The van der Waals surface area contributed by atoms with E-state index in [4.69, 9.17) is 4.74 Å². The smallest absolute Gasteiger partial charge is 0.330 e. The van der Waals surface area contributed by atoms with Crippen LogP contribution in [-0.4, -0.2) is 38.1 Å². The van der Waals surface area contributed by atoms with Crippen molar-refractivity contribution < 1.29 is 19.1 Å². The van der Waals surface area contributed by atoms with Crippen LogP contribution < -0.4 is 5.56 Å². The number of carbonyl (C=O) groups excluding carboxylic acids is 3. The monoisotopic (exact) mass is 419 g/mol. The Morgan fingerprint density at radius 3 is 2.32 bits per heavy atom. The van der Waals surface area contributed by atoms with Gasteiger partial charge < -0.3 is 4.74 Å². The Kier molecular flexibility index (Phi) is 5.37. The van der Waals surface area contributed by atoms with Gasteiger partial charge in [0.15, 0.2) is 0 Å². The Hall–Kier alpha value is -3.81. The van der Waals surface area contributed by atoms with Crippen LogP contribution >= 0.6 is 0 Å². The van der Waals surface area contributed by atoms with Gasteiger partial charge in [-0.15, -0.1) is 0 Å². The SMILES string of the molecule is CC[C@@H](C)[C@H](C(=O)OCc1cc(=O)n2ccccc2n1)N1C(=O)c2ccccc2C1=O. The highest BCUT2D eigenvalue weighted by molar-refractivity contribution is 6.22. The molecule has 4 rings (SSSR count). The fourth-order valence-corrected chi connectivity index (χ4v) is 3.68. The minimum absolute atomic E-state index is 0.241. The number of imide groups is 1. The molecule has 0 unspecified atom stereocenters. The van der Waals surface area contributed by atoms with E-state index >= 15 is 0 Å². The lowest BCUT2D eigenvalue weighted by Crippen LogP contribution is -2.49. The zero-order valence-electron chi connectivity index (χ0n) is 17.1. The Bertz CT molecular complexity index is 1210. The van der Waals surface area contributed by atoms with Crippen LogP contribution in [0.25, 0.3) is 5.65 Å². The molecule has 0 bridgehead atoms. The molecular weight excluding hydrogens is 398 g/mol. The molecule has 1 aliphatic heterocycles. The zero-order valence-corrected chi connectivity index (χ0v) is 17.1. The summed E-state index contributed by atoms with van der Waals surface area (Å²) >= 11 is 0. The quantitative estimate of drug-likeness (QED) is 0.450. The van der Waals surface area contributed by atoms with Crippen molar-refractivity contribution in [2.24, 2.45) is 5.92 Å². The molecule has 0 saturated heterocycles. The third kappa shape index (κ3) is 3.61. The van der Waals surface area contributed by atoms with Crippen molar-refractivity contribution in [3.63, 3.8) is 0 Å². The Labute approximate surface area is 178 Å². The molecule has 2 aromatic heterocycles. The first-order chi connectivity index (χ1) is 14.9. The summed E-state index contributed by atoms with van der Waals surface area (Å²) in [5, 5.41) is 0. The molecule has 0 spiro atoms. The van der Waals surface area contributed by atoms with E-state index in [1.165, 1.54) is 10.5 Å². The van der Waals surface area contributed by atoms with Gasteiger partial charge in [0.05, 0.1) is 16.8 Å². The molecule has 2 atom stereocenters. The number of aromatic nitrogens is 2. The summed E-state index contributed by atoms with van der Waals surface area (Å²) < 4.78 is 6.81. The number of fused-ring (bicyclic) bond motifs is 2. The lowest BCUT2D eigenvalue weighted by atomic mass is 9.97. The minimum atomic E-state index is -1.07. The molecule has 0 aliphatic carbocycles. The maximum Gasteiger partial charge on any atom is 0.330 e. The second-order valence-electron chi connectivity index (χ2n) is 7.48. The van der Waals surface area contributed by atoms with Gasteiger partial charge >= 0.3 is 5.97 Å². The van der Waals surface area contributed by atoms with E-state index in [2.05, 4.69) is 4.98 Å². The maximum absolute atomic E-state index is 13.0.